The number of nitrogens with zero attached hydrogens (tertiary/aromatic N) is 1. The molecule has 0 radical (unpaired) electrons. The summed E-state index contributed by atoms with van der Waals surface area (Å²) in [7, 11) is 1.55. The Morgan fingerprint density at radius 1 is 0.479 bits per heavy atom. The number of aliphatic hydroxyl groups excluding tert-OH is 1. The van der Waals surface area contributed by atoms with E-state index in [1.165, 1.54) is 173 Å². The molecule has 9 heteroatoms. The van der Waals surface area contributed by atoms with Gasteiger partial charge in [0.2, 0.25) is 5.91 Å². The second-order valence-electron chi connectivity index (χ2n) is 21.7. The molecular weight excluding hydrogens is 924 g/mol. The molecule has 3 unspecified atom stereocenters. The first-order valence-corrected chi connectivity index (χ1v) is 32.0. The van der Waals surface area contributed by atoms with Gasteiger partial charge in [-0.15, -0.1) is 0 Å². The number of rotatable bonds is 55. The quantitative estimate of drug-likeness (QED) is 0.0243. The third kappa shape index (κ3) is 57.2. The van der Waals surface area contributed by atoms with E-state index in [0.29, 0.717) is 17.4 Å². The molecule has 0 rings (SSSR count). The fraction of sp³-hybridized carbons (Fsp3) is 0.766. The Morgan fingerprint density at radius 3 is 1.26 bits per heavy atom. The number of hydrogen-bond acceptors (Lipinski definition) is 5. The lowest BCUT2D eigenvalue weighted by Crippen LogP contribution is -2.45. The van der Waals surface area contributed by atoms with Crippen molar-refractivity contribution in [2.45, 2.75) is 276 Å². The lowest BCUT2D eigenvalue weighted by molar-refractivity contribution is -0.870. The Labute approximate surface area is 452 Å². The van der Waals surface area contributed by atoms with E-state index in [1.54, 1.807) is 6.08 Å². The number of phosphoric ester groups is 1. The minimum atomic E-state index is -4.36. The van der Waals surface area contributed by atoms with Crippen LogP contribution in [-0.4, -0.2) is 73.4 Å². The SMILES string of the molecule is CC/C=C\C/C=C\C/C=C\C/C=C\CCCCCCCCCCCCCCCCCCCCCCCCC(=O)NC(COP(=O)(O)OCC[N+](C)(C)C)C(O)/C=C/CC/C=C/CC/C=C/CCCCCCCC. The van der Waals surface area contributed by atoms with Crippen LogP contribution in [0.4, 0.5) is 0 Å². The first kappa shape index (κ1) is 70.7. The number of hydrogen-bond donors (Lipinski definition) is 3. The minimum Gasteiger partial charge on any atom is -0.387 e. The maximum atomic E-state index is 13.0. The zero-order valence-corrected chi connectivity index (χ0v) is 49.3. The Morgan fingerprint density at radius 2 is 0.836 bits per heavy atom. The van der Waals surface area contributed by atoms with E-state index >= 15 is 0 Å². The largest absolute Gasteiger partial charge is 0.472 e. The highest BCUT2D eigenvalue weighted by atomic mass is 31.2. The lowest BCUT2D eigenvalue weighted by Gasteiger charge is -2.25. The molecule has 0 aliphatic rings. The number of amides is 1. The number of carbonyl (C=O) groups is 1. The van der Waals surface area contributed by atoms with Crippen molar-refractivity contribution in [2.75, 3.05) is 40.9 Å². The molecule has 0 aliphatic heterocycles. The van der Waals surface area contributed by atoms with E-state index in [9.17, 15) is 19.4 Å². The monoisotopic (exact) mass is 1040 g/mol. The van der Waals surface area contributed by atoms with Crippen LogP contribution in [0.25, 0.3) is 0 Å². The highest BCUT2D eigenvalue weighted by molar-refractivity contribution is 7.47. The Balaban J connectivity index is 4.04. The molecule has 0 heterocycles. The van der Waals surface area contributed by atoms with Crippen molar-refractivity contribution in [2.24, 2.45) is 0 Å². The normalized spacial score (nSPS) is 14.5. The third-order valence-electron chi connectivity index (χ3n) is 13.3. The van der Waals surface area contributed by atoms with E-state index in [1.807, 2.05) is 27.2 Å². The Kier molecular flexibility index (Phi) is 52.7. The molecule has 0 aromatic carbocycles. The van der Waals surface area contributed by atoms with Crippen LogP contribution in [0, 0.1) is 0 Å². The fourth-order valence-electron chi connectivity index (χ4n) is 8.60. The average molecular weight is 1040 g/mol. The summed E-state index contributed by atoms with van der Waals surface area (Å²) < 4.78 is 23.7. The highest BCUT2D eigenvalue weighted by Crippen LogP contribution is 2.43. The minimum absolute atomic E-state index is 0.0522. The van der Waals surface area contributed by atoms with Gasteiger partial charge in [0.1, 0.15) is 13.2 Å². The molecule has 3 N–H and O–H groups in total. The maximum Gasteiger partial charge on any atom is 0.472 e. The second kappa shape index (κ2) is 54.5. The van der Waals surface area contributed by atoms with Crippen molar-refractivity contribution in [3.05, 3.63) is 85.1 Å². The third-order valence-corrected chi connectivity index (χ3v) is 14.3. The van der Waals surface area contributed by atoms with Gasteiger partial charge < -0.3 is 19.8 Å². The molecule has 3 atom stereocenters. The van der Waals surface area contributed by atoms with Gasteiger partial charge in [0.25, 0.3) is 0 Å². The topological polar surface area (TPSA) is 105 Å². The van der Waals surface area contributed by atoms with Crippen LogP contribution in [0.2, 0.25) is 0 Å². The standard InChI is InChI=1S/C64H117N2O6P/c1-6-8-10-12-14-16-18-20-22-24-25-26-27-28-29-30-31-32-33-34-35-36-37-38-39-40-41-42-44-46-48-50-52-54-56-58-64(68)65-62(61-72-73(69,70)71-60-59-66(3,4)5)63(67)57-55-53-51-49-47-45-43-23-21-19-17-15-13-11-9-7-2/h8,10,14,16,20-23,25-26,47,49,55,57,62-63,67H,6-7,9,11-13,15,17-19,24,27-46,48,50-54,56,58-61H2,1-5H3,(H-,65,68,69,70)/p+1/b10-8-,16-14-,22-20-,23-21+,26-25-,49-47+,57-55+. The summed E-state index contributed by atoms with van der Waals surface area (Å²) >= 11 is 0. The summed E-state index contributed by atoms with van der Waals surface area (Å²) in [5.41, 5.74) is 0. The predicted octanol–water partition coefficient (Wildman–Crippen LogP) is 18.8. The lowest BCUT2D eigenvalue weighted by atomic mass is 10.0. The van der Waals surface area contributed by atoms with Crippen LogP contribution < -0.4 is 5.32 Å². The van der Waals surface area contributed by atoms with Crippen molar-refractivity contribution in [1.29, 1.82) is 0 Å². The van der Waals surface area contributed by atoms with Crippen LogP contribution in [0.1, 0.15) is 264 Å². The zero-order chi connectivity index (χ0) is 53.5. The van der Waals surface area contributed by atoms with Gasteiger partial charge in [0, 0.05) is 6.42 Å². The average Bonchev–Trinajstić information content (AvgIpc) is 3.35. The number of carbonyl (C=O) groups excluding carboxylic acids is 1. The van der Waals surface area contributed by atoms with E-state index in [2.05, 4.69) is 92.1 Å². The molecule has 0 saturated carbocycles. The van der Waals surface area contributed by atoms with Crippen molar-refractivity contribution in [3.8, 4) is 0 Å². The summed E-state index contributed by atoms with van der Waals surface area (Å²) in [6.07, 6.45) is 77.1. The Hall–Kier alpha value is -2.32. The van der Waals surface area contributed by atoms with Gasteiger partial charge in [-0.3, -0.25) is 13.8 Å². The highest BCUT2D eigenvalue weighted by Gasteiger charge is 2.27. The summed E-state index contributed by atoms with van der Waals surface area (Å²) in [6, 6.07) is -0.871. The van der Waals surface area contributed by atoms with Crippen LogP contribution >= 0.6 is 7.82 Å². The van der Waals surface area contributed by atoms with Crippen molar-refractivity contribution >= 4 is 13.7 Å². The van der Waals surface area contributed by atoms with Gasteiger partial charge in [0.15, 0.2) is 0 Å². The maximum absolute atomic E-state index is 13.0. The van der Waals surface area contributed by atoms with E-state index in [-0.39, 0.29) is 19.1 Å². The molecule has 8 nitrogen and oxygen atoms in total. The molecule has 424 valence electrons. The van der Waals surface area contributed by atoms with Gasteiger partial charge >= 0.3 is 7.82 Å². The van der Waals surface area contributed by atoms with Crippen LogP contribution in [0.5, 0.6) is 0 Å². The van der Waals surface area contributed by atoms with Gasteiger partial charge in [-0.2, -0.15) is 0 Å². The zero-order valence-electron chi connectivity index (χ0n) is 48.4. The molecule has 0 spiro atoms. The molecule has 0 saturated heterocycles. The van der Waals surface area contributed by atoms with Crippen molar-refractivity contribution in [1.82, 2.24) is 5.32 Å². The van der Waals surface area contributed by atoms with E-state index < -0.39 is 20.0 Å². The summed E-state index contributed by atoms with van der Waals surface area (Å²) in [5.74, 6) is -0.190. The van der Waals surface area contributed by atoms with Gasteiger partial charge in [0.05, 0.1) is 39.9 Å². The number of quaternary nitrogens is 1. The smallest absolute Gasteiger partial charge is 0.387 e. The van der Waals surface area contributed by atoms with Crippen LogP contribution in [-0.2, 0) is 18.4 Å². The van der Waals surface area contributed by atoms with Gasteiger partial charge in [-0.25, -0.2) is 4.57 Å². The van der Waals surface area contributed by atoms with Gasteiger partial charge in [-0.1, -0.05) is 259 Å². The van der Waals surface area contributed by atoms with E-state index in [0.717, 1.165) is 70.6 Å². The first-order chi connectivity index (χ1) is 35.5. The van der Waals surface area contributed by atoms with Crippen molar-refractivity contribution < 1.29 is 32.9 Å². The molecular formula is C64H118N2O6P+. The van der Waals surface area contributed by atoms with Crippen LogP contribution in [0.15, 0.2) is 85.1 Å². The second-order valence-corrected chi connectivity index (χ2v) is 23.1. The number of phosphoric acid groups is 1. The first-order valence-electron chi connectivity index (χ1n) is 30.5. The molecule has 0 aromatic heterocycles. The number of unbranched alkanes of at least 4 members (excludes halogenated alkanes) is 30. The molecule has 0 aromatic rings. The molecule has 73 heavy (non-hydrogen) atoms. The van der Waals surface area contributed by atoms with Gasteiger partial charge in [-0.05, 0) is 83.5 Å². The number of aliphatic hydroxyl groups is 1. The number of allylic oxidation sites excluding steroid dienone is 13. The number of likely N-dealkylation sites (N-methyl/N-ethyl adjacent to an activating group) is 1. The molecule has 0 fully saturated rings. The molecule has 0 aliphatic carbocycles. The molecule has 1 amide bonds. The Bertz CT molecular complexity index is 1460. The number of nitrogens with one attached hydrogen (secondary N) is 1. The summed E-state index contributed by atoms with van der Waals surface area (Å²) in [4.78, 5) is 23.3. The van der Waals surface area contributed by atoms with Crippen LogP contribution in [0.3, 0.4) is 0 Å². The fourth-order valence-corrected chi connectivity index (χ4v) is 9.33. The van der Waals surface area contributed by atoms with Crippen molar-refractivity contribution in [3.63, 3.8) is 0 Å². The predicted molar refractivity (Wildman–Crippen MR) is 318 cm³/mol. The molecule has 0 bridgehead atoms. The van der Waals surface area contributed by atoms with E-state index in [4.69, 9.17) is 9.05 Å². The summed E-state index contributed by atoms with van der Waals surface area (Å²) in [6.45, 7) is 4.67. The summed E-state index contributed by atoms with van der Waals surface area (Å²) in [5, 5.41) is 13.9.